The first-order chi connectivity index (χ1) is 15.7. The van der Waals surface area contributed by atoms with Crippen molar-refractivity contribution in [2.24, 2.45) is 0 Å². The maximum Gasteiger partial charge on any atom is 0.259 e. The summed E-state index contributed by atoms with van der Waals surface area (Å²) in [5.74, 6) is -2.24. The second kappa shape index (κ2) is 8.45. The zero-order valence-electron chi connectivity index (χ0n) is 18.1. The van der Waals surface area contributed by atoms with Crippen LogP contribution in [0.5, 0.6) is 5.88 Å². The van der Waals surface area contributed by atoms with Gasteiger partial charge in [0, 0.05) is 36.4 Å². The number of carbonyl (C=O) groups excluding carboxylic acids is 5. The number of piperidine rings is 1. The van der Waals surface area contributed by atoms with Crippen LogP contribution in [0.1, 0.15) is 63.3 Å². The molecule has 5 amide bonds. The van der Waals surface area contributed by atoms with Gasteiger partial charge in [0.2, 0.25) is 11.8 Å². The number of nitrogens with zero attached hydrogens (tertiary/aromatic N) is 2. The number of carbonyl (C=O) groups is 5. The van der Waals surface area contributed by atoms with Crippen molar-refractivity contribution in [2.75, 3.05) is 6.61 Å². The summed E-state index contributed by atoms with van der Waals surface area (Å²) >= 11 is 0. The SMILES string of the molecule is CCOc1ccc(C(=O)NC(=O)c2ccc3c(c2)C(=O)N(C2(C)CCC(=O)NC2=O)C3)cn1. The highest BCUT2D eigenvalue weighted by Gasteiger charge is 2.48. The van der Waals surface area contributed by atoms with Crippen molar-refractivity contribution in [1.82, 2.24) is 20.5 Å². The summed E-state index contributed by atoms with van der Waals surface area (Å²) in [5.41, 5.74) is 0.0853. The Hall–Kier alpha value is -4.08. The van der Waals surface area contributed by atoms with E-state index >= 15 is 0 Å². The number of amides is 5. The molecule has 10 heteroatoms. The van der Waals surface area contributed by atoms with E-state index in [-0.39, 0.29) is 42.0 Å². The molecule has 4 rings (SSSR count). The van der Waals surface area contributed by atoms with Gasteiger partial charge < -0.3 is 9.64 Å². The number of imide groups is 2. The van der Waals surface area contributed by atoms with Gasteiger partial charge in [0.1, 0.15) is 5.54 Å². The summed E-state index contributed by atoms with van der Waals surface area (Å²) in [5, 5.41) is 4.56. The van der Waals surface area contributed by atoms with E-state index in [4.69, 9.17) is 4.74 Å². The van der Waals surface area contributed by atoms with E-state index in [1.165, 1.54) is 35.4 Å². The predicted molar refractivity (Wildman–Crippen MR) is 114 cm³/mol. The number of ether oxygens (including phenoxy) is 1. The average Bonchev–Trinajstić information content (AvgIpc) is 3.13. The van der Waals surface area contributed by atoms with Gasteiger partial charge >= 0.3 is 0 Å². The molecule has 1 fully saturated rings. The number of rotatable bonds is 5. The molecule has 3 heterocycles. The fourth-order valence-corrected chi connectivity index (χ4v) is 3.89. The van der Waals surface area contributed by atoms with Gasteiger partial charge in [-0.1, -0.05) is 6.07 Å². The second-order valence-corrected chi connectivity index (χ2v) is 8.02. The van der Waals surface area contributed by atoms with Crippen LogP contribution in [0.2, 0.25) is 0 Å². The van der Waals surface area contributed by atoms with Crippen LogP contribution < -0.4 is 15.4 Å². The number of fused-ring (bicyclic) bond motifs is 1. The summed E-state index contributed by atoms with van der Waals surface area (Å²) in [7, 11) is 0. The molecule has 2 aliphatic heterocycles. The van der Waals surface area contributed by atoms with Gasteiger partial charge in [0.05, 0.1) is 12.2 Å². The summed E-state index contributed by atoms with van der Waals surface area (Å²) in [6.45, 7) is 4.06. The lowest BCUT2D eigenvalue weighted by molar-refractivity contribution is -0.142. The Morgan fingerprint density at radius 3 is 2.55 bits per heavy atom. The highest BCUT2D eigenvalue weighted by Crippen LogP contribution is 2.34. The highest BCUT2D eigenvalue weighted by molar-refractivity contribution is 6.12. The Morgan fingerprint density at radius 1 is 1.15 bits per heavy atom. The first-order valence-corrected chi connectivity index (χ1v) is 10.5. The normalized spacial score (nSPS) is 19.7. The minimum absolute atomic E-state index is 0.129. The third-order valence-corrected chi connectivity index (χ3v) is 5.87. The van der Waals surface area contributed by atoms with Crippen molar-refractivity contribution in [3.05, 3.63) is 58.8 Å². The lowest BCUT2D eigenvalue weighted by Gasteiger charge is -2.39. The van der Waals surface area contributed by atoms with Gasteiger partial charge in [-0.05, 0) is 44.0 Å². The van der Waals surface area contributed by atoms with E-state index in [0.29, 0.717) is 18.1 Å². The molecule has 2 aromatic rings. The number of hydrogen-bond acceptors (Lipinski definition) is 7. The predicted octanol–water partition coefficient (Wildman–Crippen LogP) is 1.20. The highest BCUT2D eigenvalue weighted by atomic mass is 16.5. The number of hydrogen-bond donors (Lipinski definition) is 2. The minimum Gasteiger partial charge on any atom is -0.478 e. The lowest BCUT2D eigenvalue weighted by atomic mass is 9.89. The van der Waals surface area contributed by atoms with E-state index in [1.807, 2.05) is 6.92 Å². The van der Waals surface area contributed by atoms with Crippen molar-refractivity contribution in [2.45, 2.75) is 38.8 Å². The van der Waals surface area contributed by atoms with Gasteiger partial charge in [-0.25, -0.2) is 4.98 Å². The molecule has 2 N–H and O–H groups in total. The molecular weight excluding hydrogens is 428 g/mol. The minimum atomic E-state index is -1.16. The molecule has 0 bridgehead atoms. The van der Waals surface area contributed by atoms with E-state index < -0.39 is 29.2 Å². The molecule has 10 nitrogen and oxygen atoms in total. The number of pyridine rings is 1. The summed E-state index contributed by atoms with van der Waals surface area (Å²) < 4.78 is 5.23. The molecule has 0 radical (unpaired) electrons. The van der Waals surface area contributed by atoms with Gasteiger partial charge in [-0.2, -0.15) is 0 Å². The van der Waals surface area contributed by atoms with Crippen molar-refractivity contribution in [3.63, 3.8) is 0 Å². The number of aromatic nitrogens is 1. The third kappa shape index (κ3) is 4.07. The van der Waals surface area contributed by atoms with Crippen molar-refractivity contribution >= 4 is 29.5 Å². The zero-order chi connectivity index (χ0) is 23.8. The number of nitrogens with one attached hydrogen (secondary N) is 2. The maximum atomic E-state index is 13.1. The van der Waals surface area contributed by atoms with Crippen LogP contribution in [0.3, 0.4) is 0 Å². The maximum absolute atomic E-state index is 13.1. The molecule has 1 atom stereocenters. The van der Waals surface area contributed by atoms with E-state index in [2.05, 4.69) is 15.6 Å². The molecule has 0 saturated carbocycles. The molecular formula is C23H22N4O6. The first-order valence-electron chi connectivity index (χ1n) is 10.5. The molecule has 170 valence electrons. The van der Waals surface area contributed by atoms with Gasteiger partial charge in [0.25, 0.3) is 23.6 Å². The second-order valence-electron chi connectivity index (χ2n) is 8.02. The molecule has 0 aliphatic carbocycles. The van der Waals surface area contributed by atoms with Gasteiger partial charge in [-0.15, -0.1) is 0 Å². The Bertz CT molecular complexity index is 1180. The van der Waals surface area contributed by atoms with Crippen LogP contribution in [0.25, 0.3) is 0 Å². The smallest absolute Gasteiger partial charge is 0.259 e. The van der Waals surface area contributed by atoms with Crippen LogP contribution in [-0.2, 0) is 16.1 Å². The molecule has 1 unspecified atom stereocenters. The largest absolute Gasteiger partial charge is 0.478 e. The topological polar surface area (TPSA) is 135 Å². The first kappa shape index (κ1) is 22.1. The Morgan fingerprint density at radius 2 is 1.88 bits per heavy atom. The Balaban J connectivity index is 1.49. The Labute approximate surface area is 189 Å². The molecule has 1 aromatic heterocycles. The standard InChI is InChI=1S/C23H22N4O6/c1-3-33-18-7-6-14(11-24-18)20(30)26-19(29)13-4-5-15-12-27(21(31)16(15)10-13)23(2)9-8-17(28)25-22(23)32/h4-7,10-11H,3,8-9,12H2,1-2H3,(H,25,28,32)(H,26,29,30). The zero-order valence-corrected chi connectivity index (χ0v) is 18.1. The third-order valence-electron chi connectivity index (χ3n) is 5.87. The molecule has 2 aliphatic rings. The molecule has 33 heavy (non-hydrogen) atoms. The molecule has 1 aromatic carbocycles. The number of benzene rings is 1. The van der Waals surface area contributed by atoms with Crippen molar-refractivity contribution < 1.29 is 28.7 Å². The summed E-state index contributed by atoms with van der Waals surface area (Å²) in [6, 6.07) is 7.57. The van der Waals surface area contributed by atoms with Crippen LogP contribution in [0.15, 0.2) is 36.5 Å². The van der Waals surface area contributed by atoms with E-state index in [1.54, 1.807) is 13.0 Å². The summed E-state index contributed by atoms with van der Waals surface area (Å²) in [6.07, 6.45) is 1.66. The van der Waals surface area contributed by atoms with Crippen LogP contribution in [0, 0.1) is 0 Å². The lowest BCUT2D eigenvalue weighted by Crippen LogP contribution is -2.61. The van der Waals surface area contributed by atoms with Gasteiger partial charge in [-0.3, -0.25) is 34.6 Å². The quantitative estimate of drug-likeness (QED) is 0.654. The van der Waals surface area contributed by atoms with E-state index in [0.717, 1.165) is 0 Å². The fourth-order valence-electron chi connectivity index (χ4n) is 3.89. The fraction of sp³-hybridized carbons (Fsp3) is 0.304. The van der Waals surface area contributed by atoms with Crippen LogP contribution in [0.4, 0.5) is 0 Å². The van der Waals surface area contributed by atoms with Gasteiger partial charge in [0.15, 0.2) is 0 Å². The van der Waals surface area contributed by atoms with Crippen molar-refractivity contribution in [1.29, 1.82) is 0 Å². The van der Waals surface area contributed by atoms with Crippen LogP contribution >= 0.6 is 0 Å². The monoisotopic (exact) mass is 450 g/mol. The molecule has 1 saturated heterocycles. The van der Waals surface area contributed by atoms with E-state index in [9.17, 15) is 24.0 Å². The van der Waals surface area contributed by atoms with Crippen LogP contribution in [-0.4, -0.2) is 51.6 Å². The average molecular weight is 450 g/mol. The van der Waals surface area contributed by atoms with Crippen molar-refractivity contribution in [3.8, 4) is 5.88 Å². The Kier molecular flexibility index (Phi) is 5.67. The molecule has 0 spiro atoms. The summed E-state index contributed by atoms with van der Waals surface area (Å²) in [4.78, 5) is 67.5.